The zero-order chi connectivity index (χ0) is 56.0. The maximum absolute atomic E-state index is 6.87. The molecule has 0 radical (unpaired) electrons. The molecule has 3 aliphatic heterocycles. The van der Waals surface area contributed by atoms with Crippen LogP contribution in [-0.4, -0.2) is 104 Å². The topological polar surface area (TPSA) is 64.6 Å². The third-order valence-corrected chi connectivity index (χ3v) is 29.8. The van der Waals surface area contributed by atoms with Crippen molar-refractivity contribution in [2.24, 2.45) is 0 Å². The van der Waals surface area contributed by atoms with E-state index in [2.05, 4.69) is 242 Å². The Labute approximate surface area is 483 Å². The first-order chi connectivity index (χ1) is 39.1. The van der Waals surface area contributed by atoms with E-state index in [0.717, 1.165) is 5.75 Å². The molecule has 1 unspecified atom stereocenters. The van der Waals surface area contributed by atoms with Gasteiger partial charge >= 0.3 is 0 Å². The van der Waals surface area contributed by atoms with Crippen molar-refractivity contribution in [3.63, 3.8) is 0 Å². The fourth-order valence-corrected chi connectivity index (χ4v) is 26.7. The highest BCUT2D eigenvalue weighted by Gasteiger charge is 2.53. The van der Waals surface area contributed by atoms with Crippen LogP contribution in [0.5, 0.6) is 5.75 Å². The number of para-hydroxylation sites is 1. The monoisotopic (exact) mass is 1150 g/mol. The van der Waals surface area contributed by atoms with Gasteiger partial charge in [-0.05, 0) is 64.5 Å². The highest BCUT2D eigenvalue weighted by atomic mass is 31.1. The normalized spacial score (nSPS) is 28.5. The molecule has 3 heterocycles. The second kappa shape index (κ2) is 29.9. The molecular weight excluding hydrogens is 1060 g/mol. The van der Waals surface area contributed by atoms with Crippen LogP contribution in [0, 0.1) is 0 Å². The average Bonchev–Trinajstić information content (AvgIpc) is 4.00. The first-order valence-corrected chi connectivity index (χ1v) is 34.8. The second-order valence-electron chi connectivity index (χ2n) is 21.6. The van der Waals surface area contributed by atoms with Crippen LogP contribution in [0.15, 0.2) is 200 Å². The average molecular weight is 1150 g/mol. The molecule has 3 fully saturated rings. The molecule has 0 aliphatic carbocycles. The van der Waals surface area contributed by atoms with E-state index in [1.54, 1.807) is 7.11 Å². The molecule has 0 N–H and O–H groups in total. The Balaban J connectivity index is 0.000000233. The maximum atomic E-state index is 6.87. The van der Waals surface area contributed by atoms with E-state index in [1.807, 2.05) is 14.2 Å². The molecular formula is C69H84O7P4. The van der Waals surface area contributed by atoms with Gasteiger partial charge in [-0.3, -0.25) is 0 Å². The Hall–Kier alpha value is -4.18. The Morgan fingerprint density at radius 3 is 1.00 bits per heavy atom. The summed E-state index contributed by atoms with van der Waals surface area (Å²) in [5, 5.41) is 5.77. The number of hydrogen-bond donors (Lipinski definition) is 0. The summed E-state index contributed by atoms with van der Waals surface area (Å²) in [6.07, 6.45) is 2.80. The lowest BCUT2D eigenvalue weighted by Gasteiger charge is -2.31. The molecule has 0 bridgehead atoms. The van der Waals surface area contributed by atoms with E-state index >= 15 is 0 Å². The second-order valence-corrected chi connectivity index (χ2v) is 32.8. The standard InChI is InChI=1S/C46H52O4P2.C23H32O3P2/c1-33-43(47-29-37-19-9-5-10-20-37)44(48-30-38-21-11-6-12-22-38)34(2)51(33)41-27-17-18-28-42(41)52-35(3)45(49-31-39-23-13-7-14-24-39)46(36(52)4)50-32-40-25-15-8-16-26-40;1-17-22(25-4)23(26-5)18(2)27(17)15-16-28(19-11-7-6-8-12-19)21-14-10-9-13-20(21)24-3/h5-28,33-36,43-46H,29-32H2,1-4H3;6-14,17-18,22-23H,15-16H2,1-5H3/t33-,34-,35-,36-,43+,44+,45+,46+;17-,18-,22+,23+,28?/m00/s1. The summed E-state index contributed by atoms with van der Waals surface area (Å²) in [7, 11) is 3.58. The minimum atomic E-state index is -0.609. The van der Waals surface area contributed by atoms with Gasteiger partial charge in [0.1, 0.15) is 5.75 Å². The van der Waals surface area contributed by atoms with Crippen molar-refractivity contribution >= 4 is 52.9 Å². The fourth-order valence-electron chi connectivity index (χ4n) is 12.7. The van der Waals surface area contributed by atoms with Crippen LogP contribution >= 0.6 is 31.7 Å². The van der Waals surface area contributed by atoms with E-state index < -0.39 is 23.8 Å². The van der Waals surface area contributed by atoms with Gasteiger partial charge in [0.25, 0.3) is 0 Å². The van der Waals surface area contributed by atoms with Crippen LogP contribution in [0.25, 0.3) is 0 Å². The van der Waals surface area contributed by atoms with Crippen molar-refractivity contribution in [1.82, 2.24) is 0 Å². The van der Waals surface area contributed by atoms with Gasteiger partial charge in [0, 0.05) is 53.5 Å². The van der Waals surface area contributed by atoms with Crippen LogP contribution < -0.4 is 26.0 Å². The van der Waals surface area contributed by atoms with E-state index in [0.29, 0.717) is 60.4 Å². The van der Waals surface area contributed by atoms with Gasteiger partial charge in [0.15, 0.2) is 0 Å². The number of rotatable bonds is 22. The van der Waals surface area contributed by atoms with E-state index in [-0.39, 0.29) is 44.5 Å². The van der Waals surface area contributed by atoms with E-state index in [4.69, 9.17) is 33.2 Å². The first kappa shape index (κ1) is 60.4. The van der Waals surface area contributed by atoms with Crippen molar-refractivity contribution in [2.45, 2.75) is 139 Å². The molecule has 80 heavy (non-hydrogen) atoms. The van der Waals surface area contributed by atoms with E-state index in [9.17, 15) is 0 Å². The van der Waals surface area contributed by atoms with Crippen molar-refractivity contribution in [3.05, 3.63) is 222 Å². The van der Waals surface area contributed by atoms with E-state index in [1.165, 1.54) is 55.8 Å². The molecule has 3 aliphatic rings. The summed E-state index contributed by atoms with van der Waals surface area (Å²) in [6, 6.07) is 70.9. The van der Waals surface area contributed by atoms with Crippen molar-refractivity contribution in [1.29, 1.82) is 0 Å². The Morgan fingerprint density at radius 1 is 0.350 bits per heavy atom. The summed E-state index contributed by atoms with van der Waals surface area (Å²) in [4.78, 5) is 0. The van der Waals surface area contributed by atoms with Gasteiger partial charge in [-0.15, -0.1) is 0 Å². The molecule has 7 aromatic rings. The molecule has 13 atom stereocenters. The molecule has 11 heteroatoms. The number of hydrogen-bond acceptors (Lipinski definition) is 7. The summed E-state index contributed by atoms with van der Waals surface area (Å²) < 4.78 is 44.8. The van der Waals surface area contributed by atoms with Crippen LogP contribution in [0.4, 0.5) is 0 Å². The predicted molar refractivity (Wildman–Crippen MR) is 340 cm³/mol. The highest BCUT2D eigenvalue weighted by molar-refractivity contribution is 7.74. The van der Waals surface area contributed by atoms with Crippen LogP contribution in [0.3, 0.4) is 0 Å². The quantitative estimate of drug-likeness (QED) is 0.0627. The third kappa shape index (κ3) is 14.4. The lowest BCUT2D eigenvalue weighted by molar-refractivity contribution is -0.0758. The fraction of sp³-hybridized carbons (Fsp3) is 0.391. The van der Waals surface area contributed by atoms with Crippen LogP contribution in [-0.2, 0) is 54.8 Å². The van der Waals surface area contributed by atoms with Gasteiger partial charge in [-0.1, -0.05) is 259 Å². The third-order valence-electron chi connectivity index (χ3n) is 16.8. The molecule has 3 saturated heterocycles. The number of ether oxygens (including phenoxy) is 7. The minimum absolute atomic E-state index is 0.00630. The van der Waals surface area contributed by atoms with Crippen molar-refractivity contribution in [2.75, 3.05) is 33.7 Å². The molecule has 0 aromatic heterocycles. The SMILES string of the molecule is COc1ccccc1P(CCP1[C@@H](C)[C@@H](OC)[C@H](OC)[C@@H]1C)c1ccccc1.C[C@H]1[C@@H](OCc2ccccc2)[C@H](OCc2ccccc2)[C@H](C)P1c1ccccc1P1[C@@H](C)[C@@H](OCc2ccccc2)[C@H](OCc2ccccc2)[C@@H]1C. The first-order valence-electron chi connectivity index (χ1n) is 28.7. The highest BCUT2D eigenvalue weighted by Crippen LogP contribution is 2.62. The Morgan fingerprint density at radius 2 is 0.662 bits per heavy atom. The molecule has 10 rings (SSSR count). The van der Waals surface area contributed by atoms with Gasteiger partial charge < -0.3 is 33.2 Å². The number of methoxy groups -OCH3 is 3. The zero-order valence-electron chi connectivity index (χ0n) is 48.4. The predicted octanol–water partition coefficient (Wildman–Crippen LogP) is 14.3. The van der Waals surface area contributed by atoms with Gasteiger partial charge in [-0.25, -0.2) is 0 Å². The summed E-state index contributed by atoms with van der Waals surface area (Å²) in [5.41, 5.74) is 7.21. The molecule has 0 spiro atoms. The molecule has 7 aromatic carbocycles. The molecule has 7 nitrogen and oxygen atoms in total. The lowest BCUT2D eigenvalue weighted by atomic mass is 10.1. The van der Waals surface area contributed by atoms with Gasteiger partial charge in [0.2, 0.25) is 0 Å². The molecule has 0 amide bonds. The summed E-state index contributed by atoms with van der Waals surface area (Å²) in [6.45, 7) is 16.7. The minimum Gasteiger partial charge on any atom is -0.496 e. The summed E-state index contributed by atoms with van der Waals surface area (Å²) in [5.74, 6) is 1.00. The smallest absolute Gasteiger partial charge is 0.126 e. The van der Waals surface area contributed by atoms with Crippen molar-refractivity contribution in [3.8, 4) is 5.75 Å². The Kier molecular flexibility index (Phi) is 22.6. The lowest BCUT2D eigenvalue weighted by Crippen LogP contribution is -2.36. The summed E-state index contributed by atoms with van der Waals surface area (Å²) >= 11 is 0. The van der Waals surface area contributed by atoms with Crippen LogP contribution in [0.1, 0.15) is 63.8 Å². The molecule has 422 valence electrons. The van der Waals surface area contributed by atoms with Gasteiger partial charge in [0.05, 0.1) is 70.2 Å². The largest absolute Gasteiger partial charge is 0.496 e. The maximum Gasteiger partial charge on any atom is 0.126 e. The Bertz CT molecular complexity index is 2650. The van der Waals surface area contributed by atoms with Crippen LogP contribution in [0.2, 0.25) is 0 Å². The number of benzene rings is 7. The van der Waals surface area contributed by atoms with Crippen molar-refractivity contribution < 1.29 is 33.2 Å². The molecule has 0 saturated carbocycles. The zero-order valence-corrected chi connectivity index (χ0v) is 51.9. The van der Waals surface area contributed by atoms with Gasteiger partial charge in [-0.2, -0.15) is 0 Å².